The van der Waals surface area contributed by atoms with E-state index in [1.54, 1.807) is 18.2 Å². The molecule has 7 nitrogen and oxygen atoms in total. The summed E-state index contributed by atoms with van der Waals surface area (Å²) in [5, 5.41) is 21.3. The largest absolute Gasteiger partial charge is 0.485 e. The zero-order valence-electron chi connectivity index (χ0n) is 14.5. The molecule has 142 valence electrons. The topological polar surface area (TPSA) is 94.7 Å². The molecule has 2 aromatic carbocycles. The number of rotatable bonds is 4. The number of aliphatic hydroxyl groups excluding tert-OH is 1. The second-order valence-electron chi connectivity index (χ2n) is 6.33. The van der Waals surface area contributed by atoms with Crippen molar-refractivity contribution in [3.8, 4) is 17.4 Å². The maximum atomic E-state index is 10.7. The van der Waals surface area contributed by atoms with Crippen molar-refractivity contribution in [3.63, 3.8) is 0 Å². The van der Waals surface area contributed by atoms with Crippen molar-refractivity contribution in [1.29, 1.82) is 0 Å². The molecule has 0 saturated heterocycles. The number of nitro groups is 1. The van der Waals surface area contributed by atoms with Gasteiger partial charge in [0, 0.05) is 28.6 Å². The van der Waals surface area contributed by atoms with Crippen LogP contribution in [0.1, 0.15) is 29.8 Å². The Morgan fingerprint density at radius 1 is 1.21 bits per heavy atom. The van der Waals surface area contributed by atoms with Crippen LogP contribution in [-0.2, 0) is 0 Å². The van der Waals surface area contributed by atoms with Crippen molar-refractivity contribution in [2.45, 2.75) is 18.6 Å². The van der Waals surface area contributed by atoms with E-state index < -0.39 is 11.0 Å². The fourth-order valence-electron chi connectivity index (χ4n) is 3.06. The van der Waals surface area contributed by atoms with Gasteiger partial charge in [-0.25, -0.2) is 4.98 Å². The van der Waals surface area contributed by atoms with E-state index in [4.69, 9.17) is 9.47 Å². The van der Waals surface area contributed by atoms with Gasteiger partial charge in [-0.2, -0.15) is 0 Å². The molecule has 2 unspecified atom stereocenters. The number of aromatic nitrogens is 1. The van der Waals surface area contributed by atoms with E-state index in [0.29, 0.717) is 23.5 Å². The molecular formula is C20H15BrN2O5. The fraction of sp³-hybridized carbons (Fsp3) is 0.150. The van der Waals surface area contributed by atoms with E-state index in [-0.39, 0.29) is 17.7 Å². The van der Waals surface area contributed by atoms with Gasteiger partial charge in [-0.15, -0.1) is 0 Å². The first kappa shape index (κ1) is 18.4. The molecule has 1 aromatic heterocycles. The van der Waals surface area contributed by atoms with Gasteiger partial charge >= 0.3 is 0 Å². The lowest BCUT2D eigenvalue weighted by molar-refractivity contribution is -0.385. The molecule has 0 saturated carbocycles. The van der Waals surface area contributed by atoms with Crippen LogP contribution in [0.2, 0.25) is 0 Å². The minimum absolute atomic E-state index is 0.111. The van der Waals surface area contributed by atoms with Crippen LogP contribution in [0.3, 0.4) is 0 Å². The number of benzene rings is 2. The van der Waals surface area contributed by atoms with Crippen molar-refractivity contribution < 1.29 is 19.5 Å². The lowest BCUT2D eigenvalue weighted by Gasteiger charge is -2.30. The van der Waals surface area contributed by atoms with Gasteiger partial charge in [0.2, 0.25) is 5.88 Å². The van der Waals surface area contributed by atoms with Crippen LogP contribution in [0.15, 0.2) is 65.3 Å². The summed E-state index contributed by atoms with van der Waals surface area (Å²) < 4.78 is 12.7. The number of ether oxygens (including phenoxy) is 2. The quantitative estimate of drug-likeness (QED) is 0.445. The van der Waals surface area contributed by atoms with Crippen LogP contribution in [0.5, 0.6) is 17.4 Å². The summed E-state index contributed by atoms with van der Waals surface area (Å²) in [5.74, 6) is 1.28. The molecule has 0 spiro atoms. The Balaban J connectivity index is 1.54. The third kappa shape index (κ3) is 3.83. The van der Waals surface area contributed by atoms with Crippen LogP contribution < -0.4 is 9.47 Å². The Kier molecular flexibility index (Phi) is 4.97. The first-order valence-electron chi connectivity index (χ1n) is 8.52. The van der Waals surface area contributed by atoms with Crippen molar-refractivity contribution in [2.75, 3.05) is 0 Å². The second-order valence-corrected chi connectivity index (χ2v) is 7.24. The summed E-state index contributed by atoms with van der Waals surface area (Å²) in [7, 11) is 0. The number of aliphatic hydroxyl groups is 1. The minimum atomic E-state index is -0.707. The van der Waals surface area contributed by atoms with Gasteiger partial charge < -0.3 is 14.6 Å². The Hall–Kier alpha value is -2.97. The molecule has 4 rings (SSSR count). The maximum absolute atomic E-state index is 10.7. The van der Waals surface area contributed by atoms with Crippen LogP contribution in [0, 0.1) is 10.1 Å². The van der Waals surface area contributed by atoms with E-state index in [1.807, 2.05) is 24.3 Å². The summed E-state index contributed by atoms with van der Waals surface area (Å²) in [5.41, 5.74) is 1.50. The molecule has 0 fully saturated rings. The zero-order valence-corrected chi connectivity index (χ0v) is 16.1. The summed E-state index contributed by atoms with van der Waals surface area (Å²) in [6.07, 6.45) is 0.598. The van der Waals surface area contributed by atoms with Gasteiger partial charge in [0.15, 0.2) is 0 Å². The first-order chi connectivity index (χ1) is 13.5. The average Bonchev–Trinajstić information content (AvgIpc) is 2.69. The van der Waals surface area contributed by atoms with E-state index in [9.17, 15) is 15.2 Å². The van der Waals surface area contributed by atoms with Gasteiger partial charge in [0.1, 0.15) is 23.8 Å². The monoisotopic (exact) mass is 442 g/mol. The number of nitrogens with zero attached hydrogens (tertiary/aromatic N) is 2. The van der Waals surface area contributed by atoms with Crippen LogP contribution in [-0.4, -0.2) is 15.0 Å². The van der Waals surface area contributed by atoms with E-state index in [0.717, 1.165) is 16.2 Å². The van der Waals surface area contributed by atoms with Gasteiger partial charge in [-0.3, -0.25) is 10.1 Å². The number of hydrogen-bond donors (Lipinski definition) is 1. The standard InChI is InChI=1S/C20H15BrN2O5/c21-13-3-1-2-12(8-13)19-10-17(24)16-9-15(5-6-18(16)28-19)27-20-7-4-14(11-22-20)23(25)26/h1-9,11,17,19,24H,10H2. The highest BCUT2D eigenvalue weighted by atomic mass is 79.9. The van der Waals surface area contributed by atoms with Crippen molar-refractivity contribution in [1.82, 2.24) is 4.98 Å². The van der Waals surface area contributed by atoms with E-state index in [1.165, 1.54) is 12.1 Å². The molecular weight excluding hydrogens is 428 g/mol. The molecule has 0 amide bonds. The smallest absolute Gasteiger partial charge is 0.287 e. The highest BCUT2D eigenvalue weighted by Gasteiger charge is 2.28. The predicted octanol–water partition coefficient (Wildman–Crippen LogP) is 5.10. The van der Waals surface area contributed by atoms with Crippen molar-refractivity contribution in [3.05, 3.63) is 86.5 Å². The minimum Gasteiger partial charge on any atom is -0.485 e. The lowest BCUT2D eigenvalue weighted by Crippen LogP contribution is -2.19. The molecule has 0 bridgehead atoms. The Morgan fingerprint density at radius 2 is 2.07 bits per heavy atom. The Labute approximate surface area is 168 Å². The number of pyridine rings is 1. The van der Waals surface area contributed by atoms with E-state index >= 15 is 0 Å². The van der Waals surface area contributed by atoms with Gasteiger partial charge in [-0.05, 0) is 35.9 Å². The van der Waals surface area contributed by atoms with Crippen molar-refractivity contribution >= 4 is 21.6 Å². The molecule has 1 aliphatic heterocycles. The number of fused-ring (bicyclic) bond motifs is 1. The van der Waals surface area contributed by atoms with Crippen molar-refractivity contribution in [2.24, 2.45) is 0 Å². The average molecular weight is 443 g/mol. The summed E-state index contributed by atoms with van der Waals surface area (Å²) in [6, 6.07) is 15.7. The summed E-state index contributed by atoms with van der Waals surface area (Å²) >= 11 is 3.45. The van der Waals surface area contributed by atoms with E-state index in [2.05, 4.69) is 20.9 Å². The molecule has 1 aliphatic rings. The maximum Gasteiger partial charge on any atom is 0.287 e. The molecule has 8 heteroatoms. The predicted molar refractivity (Wildman–Crippen MR) is 104 cm³/mol. The van der Waals surface area contributed by atoms with Gasteiger partial charge in [-0.1, -0.05) is 28.1 Å². The SMILES string of the molecule is O=[N+]([O-])c1ccc(Oc2ccc3c(c2)C(O)CC(c2cccc(Br)c2)O3)nc1. The number of halogens is 1. The molecule has 1 N–H and O–H groups in total. The normalized spacial score (nSPS) is 18.1. The molecule has 3 aromatic rings. The highest BCUT2D eigenvalue weighted by molar-refractivity contribution is 9.10. The third-order valence-corrected chi connectivity index (χ3v) is 4.91. The molecule has 28 heavy (non-hydrogen) atoms. The Bertz CT molecular complexity index is 1030. The molecule has 0 radical (unpaired) electrons. The second kappa shape index (κ2) is 7.57. The van der Waals surface area contributed by atoms with Crippen LogP contribution in [0.4, 0.5) is 5.69 Å². The zero-order chi connectivity index (χ0) is 19.7. The fourth-order valence-corrected chi connectivity index (χ4v) is 3.48. The summed E-state index contributed by atoms with van der Waals surface area (Å²) in [6.45, 7) is 0. The third-order valence-electron chi connectivity index (χ3n) is 4.42. The molecule has 2 heterocycles. The molecule has 0 aliphatic carbocycles. The van der Waals surface area contributed by atoms with Gasteiger partial charge in [0.25, 0.3) is 5.69 Å². The van der Waals surface area contributed by atoms with Gasteiger partial charge in [0.05, 0.1) is 11.0 Å². The van der Waals surface area contributed by atoms with Crippen LogP contribution >= 0.6 is 15.9 Å². The molecule has 2 atom stereocenters. The first-order valence-corrected chi connectivity index (χ1v) is 9.31. The van der Waals surface area contributed by atoms with Crippen LogP contribution in [0.25, 0.3) is 0 Å². The lowest BCUT2D eigenvalue weighted by atomic mass is 9.95. The Morgan fingerprint density at radius 3 is 2.79 bits per heavy atom. The highest BCUT2D eigenvalue weighted by Crippen LogP contribution is 2.43. The summed E-state index contributed by atoms with van der Waals surface area (Å²) in [4.78, 5) is 14.1. The number of hydrogen-bond acceptors (Lipinski definition) is 6.